The molecule has 2 aliphatic heterocycles. The number of anilines is 1. The first-order valence-electron chi connectivity index (χ1n) is 8.30. The van der Waals surface area contributed by atoms with Gasteiger partial charge in [-0.15, -0.1) is 0 Å². The molecule has 0 atom stereocenters. The number of carboxylic acids is 1. The van der Waals surface area contributed by atoms with Crippen molar-refractivity contribution in [1.29, 1.82) is 0 Å². The van der Waals surface area contributed by atoms with Crippen LogP contribution in [0.25, 0.3) is 0 Å². The van der Waals surface area contributed by atoms with E-state index in [0.29, 0.717) is 42.2 Å². The van der Waals surface area contributed by atoms with Crippen molar-refractivity contribution in [1.82, 2.24) is 10.2 Å². The highest BCUT2D eigenvalue weighted by atomic mass is 35.5. The number of nitrogens with one attached hydrogen (secondary N) is 1. The number of carbonyl (C=O) groups is 4. The van der Waals surface area contributed by atoms with Crippen molar-refractivity contribution in [2.45, 2.75) is 19.3 Å². The van der Waals surface area contributed by atoms with Gasteiger partial charge < -0.3 is 10.0 Å². The molecule has 0 aromatic heterocycles. The number of benzene rings is 1. The molecule has 2 fully saturated rings. The van der Waals surface area contributed by atoms with Gasteiger partial charge in [-0.05, 0) is 31.0 Å². The van der Waals surface area contributed by atoms with E-state index in [2.05, 4.69) is 5.32 Å². The quantitative estimate of drug-likeness (QED) is 0.831. The first-order chi connectivity index (χ1) is 12.4. The number of hydrogen-bond acceptors (Lipinski definition) is 4. The van der Waals surface area contributed by atoms with Crippen LogP contribution in [0.5, 0.6) is 0 Å². The molecule has 0 radical (unpaired) electrons. The van der Waals surface area contributed by atoms with Crippen LogP contribution in [0.3, 0.4) is 0 Å². The molecule has 1 aromatic carbocycles. The minimum Gasteiger partial charge on any atom is -0.481 e. The summed E-state index contributed by atoms with van der Waals surface area (Å²) in [5.41, 5.74) is 0.728. The van der Waals surface area contributed by atoms with Crippen molar-refractivity contribution >= 4 is 41.1 Å². The average Bonchev–Trinajstić information content (AvgIpc) is 2.62. The summed E-state index contributed by atoms with van der Waals surface area (Å²) in [7, 11) is 0. The third-order valence-corrected chi connectivity index (χ3v) is 4.99. The lowest BCUT2D eigenvalue weighted by Gasteiger charge is -2.31. The Bertz CT molecular complexity index is 774. The van der Waals surface area contributed by atoms with Crippen molar-refractivity contribution in [2.75, 3.05) is 24.5 Å². The third-order valence-electron chi connectivity index (χ3n) is 4.67. The molecule has 9 heteroatoms. The van der Waals surface area contributed by atoms with E-state index in [1.807, 2.05) is 0 Å². The second kappa shape index (κ2) is 7.33. The molecule has 3 rings (SSSR count). The molecule has 2 N–H and O–H groups in total. The first kappa shape index (κ1) is 18.2. The van der Waals surface area contributed by atoms with Gasteiger partial charge >= 0.3 is 12.0 Å². The summed E-state index contributed by atoms with van der Waals surface area (Å²) in [6, 6.07) is 4.07. The van der Waals surface area contributed by atoms with Crippen LogP contribution < -0.4 is 10.2 Å². The number of piperidine rings is 1. The third kappa shape index (κ3) is 3.65. The Labute approximate surface area is 154 Å². The number of likely N-dealkylation sites (tertiary alicyclic amines) is 1. The SMILES string of the molecule is O=C1CCN(c2cc(C(=O)N3CCC(C(=O)O)CC3)ccc2Cl)C(=O)N1. The standard InChI is InChI=1S/C17H18ClN3O5/c18-12-2-1-11(9-13(12)21-8-5-14(22)19-17(21)26)15(23)20-6-3-10(4-7-20)16(24)25/h1-2,9-10H,3-8H2,(H,24,25)(H,19,22,26). The minimum absolute atomic E-state index is 0.156. The van der Waals surface area contributed by atoms with E-state index in [-0.39, 0.29) is 24.8 Å². The molecule has 0 aliphatic carbocycles. The highest BCUT2D eigenvalue weighted by Crippen LogP contribution is 2.29. The number of carbonyl (C=O) groups excluding carboxylic acids is 3. The summed E-state index contributed by atoms with van der Waals surface area (Å²) in [4.78, 5) is 50.0. The van der Waals surface area contributed by atoms with E-state index in [9.17, 15) is 19.2 Å². The lowest BCUT2D eigenvalue weighted by Crippen LogP contribution is -2.49. The van der Waals surface area contributed by atoms with Crippen LogP contribution in [-0.4, -0.2) is 53.5 Å². The summed E-state index contributed by atoms with van der Waals surface area (Å²) in [6.45, 7) is 0.922. The average molecular weight is 380 g/mol. The number of halogens is 1. The molecule has 26 heavy (non-hydrogen) atoms. The highest BCUT2D eigenvalue weighted by molar-refractivity contribution is 6.34. The maximum atomic E-state index is 12.7. The van der Waals surface area contributed by atoms with Gasteiger partial charge in [-0.25, -0.2) is 4.79 Å². The summed E-state index contributed by atoms with van der Waals surface area (Å²) >= 11 is 6.18. The van der Waals surface area contributed by atoms with Crippen molar-refractivity contribution in [2.24, 2.45) is 5.92 Å². The fraction of sp³-hybridized carbons (Fsp3) is 0.412. The van der Waals surface area contributed by atoms with Crippen LogP contribution in [0.15, 0.2) is 18.2 Å². The van der Waals surface area contributed by atoms with Gasteiger partial charge in [0.05, 0.1) is 16.6 Å². The van der Waals surface area contributed by atoms with Crippen LogP contribution in [-0.2, 0) is 9.59 Å². The van der Waals surface area contributed by atoms with Gasteiger partial charge in [0.15, 0.2) is 0 Å². The lowest BCUT2D eigenvalue weighted by molar-refractivity contribution is -0.143. The fourth-order valence-corrected chi connectivity index (χ4v) is 3.38. The number of urea groups is 1. The summed E-state index contributed by atoms with van der Waals surface area (Å²) < 4.78 is 0. The minimum atomic E-state index is -0.837. The van der Waals surface area contributed by atoms with Gasteiger partial charge in [0.2, 0.25) is 5.91 Å². The van der Waals surface area contributed by atoms with Crippen LogP contribution in [0.2, 0.25) is 5.02 Å². The zero-order valence-corrected chi connectivity index (χ0v) is 14.7. The highest BCUT2D eigenvalue weighted by Gasteiger charge is 2.29. The number of hydrogen-bond donors (Lipinski definition) is 2. The van der Waals surface area contributed by atoms with Gasteiger partial charge in [0.1, 0.15) is 0 Å². The molecule has 2 heterocycles. The topological polar surface area (TPSA) is 107 Å². The molecule has 0 spiro atoms. The van der Waals surface area contributed by atoms with E-state index >= 15 is 0 Å². The smallest absolute Gasteiger partial charge is 0.328 e. The Morgan fingerprint density at radius 2 is 1.85 bits per heavy atom. The Morgan fingerprint density at radius 1 is 1.15 bits per heavy atom. The normalized spacial score (nSPS) is 18.7. The van der Waals surface area contributed by atoms with Crippen molar-refractivity contribution in [3.63, 3.8) is 0 Å². The number of imide groups is 1. The van der Waals surface area contributed by atoms with Gasteiger partial charge in [0, 0.05) is 31.6 Å². The van der Waals surface area contributed by atoms with Crippen LogP contribution in [0, 0.1) is 5.92 Å². The molecule has 2 saturated heterocycles. The molecule has 4 amide bonds. The molecule has 2 aliphatic rings. The van der Waals surface area contributed by atoms with E-state index in [1.165, 1.54) is 17.0 Å². The zero-order valence-electron chi connectivity index (χ0n) is 13.9. The van der Waals surface area contributed by atoms with Crippen molar-refractivity contribution in [3.05, 3.63) is 28.8 Å². The maximum absolute atomic E-state index is 12.7. The van der Waals surface area contributed by atoms with E-state index < -0.39 is 17.9 Å². The summed E-state index contributed by atoms with van der Waals surface area (Å²) in [6.07, 6.45) is 0.985. The lowest BCUT2D eigenvalue weighted by atomic mass is 9.96. The number of amides is 4. The largest absolute Gasteiger partial charge is 0.481 e. The zero-order chi connectivity index (χ0) is 18.8. The van der Waals surface area contributed by atoms with Crippen LogP contribution in [0.1, 0.15) is 29.6 Å². The Hall–Kier alpha value is -2.61. The predicted molar refractivity (Wildman–Crippen MR) is 93.2 cm³/mol. The molecule has 1 aromatic rings. The number of nitrogens with zero attached hydrogens (tertiary/aromatic N) is 2. The Morgan fingerprint density at radius 3 is 2.46 bits per heavy atom. The van der Waals surface area contributed by atoms with Gasteiger partial charge in [-0.1, -0.05) is 11.6 Å². The predicted octanol–water partition coefficient (Wildman–Crippen LogP) is 1.72. The first-order valence-corrected chi connectivity index (χ1v) is 8.67. The monoisotopic (exact) mass is 379 g/mol. The molecular formula is C17H18ClN3O5. The summed E-state index contributed by atoms with van der Waals surface area (Å²) in [5.74, 6) is -1.85. The molecule has 0 bridgehead atoms. The fourth-order valence-electron chi connectivity index (χ4n) is 3.16. The van der Waals surface area contributed by atoms with E-state index in [1.54, 1.807) is 11.0 Å². The van der Waals surface area contributed by atoms with Crippen LogP contribution in [0.4, 0.5) is 10.5 Å². The maximum Gasteiger partial charge on any atom is 0.328 e. The Kier molecular flexibility index (Phi) is 5.13. The molecule has 0 unspecified atom stereocenters. The number of carboxylic acid groups (broad SMARTS) is 1. The molecular weight excluding hydrogens is 362 g/mol. The molecule has 0 saturated carbocycles. The number of aliphatic carboxylic acids is 1. The van der Waals surface area contributed by atoms with Crippen molar-refractivity contribution < 1.29 is 24.3 Å². The second-order valence-corrected chi connectivity index (χ2v) is 6.73. The van der Waals surface area contributed by atoms with Gasteiger partial charge in [-0.2, -0.15) is 0 Å². The Balaban J connectivity index is 1.77. The van der Waals surface area contributed by atoms with Crippen LogP contribution >= 0.6 is 11.6 Å². The van der Waals surface area contributed by atoms with E-state index in [4.69, 9.17) is 16.7 Å². The number of rotatable bonds is 3. The van der Waals surface area contributed by atoms with Crippen molar-refractivity contribution in [3.8, 4) is 0 Å². The van der Waals surface area contributed by atoms with E-state index in [0.717, 1.165) is 0 Å². The second-order valence-electron chi connectivity index (χ2n) is 6.33. The molecule has 8 nitrogen and oxygen atoms in total. The summed E-state index contributed by atoms with van der Waals surface area (Å²) in [5, 5.41) is 11.6. The van der Waals surface area contributed by atoms with Gasteiger partial charge in [0.25, 0.3) is 5.91 Å². The van der Waals surface area contributed by atoms with Gasteiger partial charge in [-0.3, -0.25) is 24.6 Å². The molecule has 138 valence electrons.